The van der Waals surface area contributed by atoms with Crippen molar-refractivity contribution in [2.75, 3.05) is 6.61 Å². The Morgan fingerprint density at radius 1 is 0.741 bits per heavy atom. The van der Waals surface area contributed by atoms with Crippen LogP contribution in [0.2, 0.25) is 0 Å². The molecule has 0 amide bonds. The third-order valence-electron chi connectivity index (χ3n) is 4.76. The molecule has 0 saturated heterocycles. The van der Waals surface area contributed by atoms with E-state index in [1.54, 1.807) is 0 Å². The van der Waals surface area contributed by atoms with E-state index in [1.165, 1.54) is 50.5 Å². The lowest BCUT2D eigenvalue weighted by atomic mass is 10.1. The van der Waals surface area contributed by atoms with Gasteiger partial charge in [-0.15, -0.1) is 0 Å². The van der Waals surface area contributed by atoms with Gasteiger partial charge in [0.25, 0.3) is 0 Å². The van der Waals surface area contributed by atoms with Crippen LogP contribution < -0.4 is 4.74 Å². The molecule has 0 aliphatic carbocycles. The molecule has 2 nitrogen and oxygen atoms in total. The quantitative estimate of drug-likeness (QED) is 0.266. The molecule has 2 aromatic carbocycles. The van der Waals surface area contributed by atoms with Gasteiger partial charge in [-0.3, -0.25) is 4.99 Å². The van der Waals surface area contributed by atoms with E-state index >= 15 is 0 Å². The maximum atomic E-state index is 5.81. The fourth-order valence-electron chi connectivity index (χ4n) is 3.02. The van der Waals surface area contributed by atoms with Crippen molar-refractivity contribution >= 4 is 11.9 Å². The largest absolute Gasteiger partial charge is 0.494 e. The van der Waals surface area contributed by atoms with Gasteiger partial charge < -0.3 is 4.74 Å². The van der Waals surface area contributed by atoms with E-state index in [2.05, 4.69) is 55.2 Å². The molecule has 2 heteroatoms. The van der Waals surface area contributed by atoms with Crippen molar-refractivity contribution in [2.45, 2.75) is 71.6 Å². The highest BCUT2D eigenvalue weighted by Crippen LogP contribution is 2.16. The highest BCUT2D eigenvalue weighted by Gasteiger charge is 1.96. The maximum Gasteiger partial charge on any atom is 0.119 e. The van der Waals surface area contributed by atoms with Crippen LogP contribution in [0.3, 0.4) is 0 Å². The first kappa shape index (κ1) is 21.2. The molecular formula is C25H35NO. The zero-order valence-corrected chi connectivity index (χ0v) is 17.1. The standard InChI is InChI=1S/C25H35NO/c1-3-5-7-8-10-20-27-25-18-14-23(15-19-25)21-26-24-16-12-22(13-17-24)11-9-6-4-2/h12-19,21H,3-11,20H2,1-2H3. The van der Waals surface area contributed by atoms with Crippen LogP contribution in [0.1, 0.15) is 76.3 Å². The number of hydrogen-bond donors (Lipinski definition) is 0. The molecule has 0 spiro atoms. The van der Waals surface area contributed by atoms with Gasteiger partial charge in [-0.1, -0.05) is 64.5 Å². The van der Waals surface area contributed by atoms with Crippen molar-refractivity contribution in [3.63, 3.8) is 0 Å². The Kier molecular flexibility index (Phi) is 10.3. The first-order valence-electron chi connectivity index (χ1n) is 10.7. The van der Waals surface area contributed by atoms with E-state index in [0.29, 0.717) is 0 Å². The van der Waals surface area contributed by atoms with Crippen LogP contribution >= 0.6 is 0 Å². The van der Waals surface area contributed by atoms with Crippen LogP contribution in [-0.4, -0.2) is 12.8 Å². The molecule has 2 rings (SSSR count). The van der Waals surface area contributed by atoms with Crippen LogP contribution in [-0.2, 0) is 6.42 Å². The summed E-state index contributed by atoms with van der Waals surface area (Å²) >= 11 is 0. The molecule has 146 valence electrons. The van der Waals surface area contributed by atoms with E-state index in [-0.39, 0.29) is 0 Å². The number of aryl methyl sites for hydroxylation is 1. The zero-order valence-electron chi connectivity index (χ0n) is 17.1. The SMILES string of the molecule is CCCCCCCOc1ccc(C=Nc2ccc(CCCCC)cc2)cc1. The monoisotopic (exact) mass is 365 g/mol. The molecule has 0 unspecified atom stereocenters. The third-order valence-corrected chi connectivity index (χ3v) is 4.76. The van der Waals surface area contributed by atoms with Gasteiger partial charge in [0.15, 0.2) is 0 Å². The smallest absolute Gasteiger partial charge is 0.119 e. The van der Waals surface area contributed by atoms with Gasteiger partial charge in [0.05, 0.1) is 12.3 Å². The van der Waals surface area contributed by atoms with Crippen LogP contribution in [0.25, 0.3) is 0 Å². The van der Waals surface area contributed by atoms with Crippen molar-refractivity contribution in [3.05, 3.63) is 59.7 Å². The lowest BCUT2D eigenvalue weighted by molar-refractivity contribution is 0.304. The summed E-state index contributed by atoms with van der Waals surface area (Å²) < 4.78 is 5.81. The Morgan fingerprint density at radius 2 is 1.41 bits per heavy atom. The summed E-state index contributed by atoms with van der Waals surface area (Å²) in [5, 5.41) is 0. The zero-order chi connectivity index (χ0) is 19.2. The Labute approximate surface area is 165 Å². The normalized spacial score (nSPS) is 11.2. The van der Waals surface area contributed by atoms with E-state index in [4.69, 9.17) is 4.74 Å². The van der Waals surface area contributed by atoms with Crippen LogP contribution in [0.15, 0.2) is 53.5 Å². The second-order valence-corrected chi connectivity index (χ2v) is 7.21. The lowest BCUT2D eigenvalue weighted by Gasteiger charge is -2.06. The Balaban J connectivity index is 1.74. The minimum Gasteiger partial charge on any atom is -0.494 e. The summed E-state index contributed by atoms with van der Waals surface area (Å²) in [6, 6.07) is 16.8. The lowest BCUT2D eigenvalue weighted by Crippen LogP contribution is -1.97. The first-order chi connectivity index (χ1) is 13.3. The van der Waals surface area contributed by atoms with Gasteiger partial charge >= 0.3 is 0 Å². The molecule has 27 heavy (non-hydrogen) atoms. The number of hydrogen-bond acceptors (Lipinski definition) is 2. The third kappa shape index (κ3) is 8.90. The molecule has 0 aromatic heterocycles. The molecule has 0 aliphatic heterocycles. The van der Waals surface area contributed by atoms with Gasteiger partial charge in [0.1, 0.15) is 5.75 Å². The molecule has 0 aliphatic rings. The maximum absolute atomic E-state index is 5.81. The minimum absolute atomic E-state index is 0.807. The Bertz CT molecular complexity index is 643. The average Bonchev–Trinajstić information content (AvgIpc) is 2.71. The van der Waals surface area contributed by atoms with Gasteiger partial charge in [0.2, 0.25) is 0 Å². The molecule has 0 atom stereocenters. The summed E-state index contributed by atoms with van der Waals surface area (Å²) in [4.78, 5) is 4.58. The second kappa shape index (κ2) is 13.1. The molecule has 0 saturated carbocycles. The fourth-order valence-corrected chi connectivity index (χ4v) is 3.02. The predicted octanol–water partition coefficient (Wildman–Crippen LogP) is 7.52. The van der Waals surface area contributed by atoms with Crippen molar-refractivity contribution in [1.29, 1.82) is 0 Å². The van der Waals surface area contributed by atoms with Gasteiger partial charge in [-0.25, -0.2) is 0 Å². The molecule has 0 heterocycles. The molecule has 0 radical (unpaired) electrons. The Hall–Kier alpha value is -2.09. The van der Waals surface area contributed by atoms with E-state index in [0.717, 1.165) is 36.4 Å². The van der Waals surface area contributed by atoms with Crippen molar-refractivity contribution < 1.29 is 4.74 Å². The van der Waals surface area contributed by atoms with Crippen LogP contribution in [0.4, 0.5) is 5.69 Å². The van der Waals surface area contributed by atoms with Crippen LogP contribution in [0.5, 0.6) is 5.75 Å². The summed E-state index contributed by atoms with van der Waals surface area (Å²) in [6.45, 7) is 5.29. The first-order valence-corrected chi connectivity index (χ1v) is 10.7. The highest BCUT2D eigenvalue weighted by molar-refractivity contribution is 5.82. The van der Waals surface area contributed by atoms with E-state index < -0.39 is 0 Å². The Morgan fingerprint density at radius 3 is 2.11 bits per heavy atom. The molecule has 0 fully saturated rings. The number of nitrogens with zero attached hydrogens (tertiary/aromatic N) is 1. The van der Waals surface area contributed by atoms with E-state index in [1.807, 2.05) is 18.3 Å². The molecule has 0 bridgehead atoms. The van der Waals surface area contributed by atoms with Crippen molar-refractivity contribution in [2.24, 2.45) is 4.99 Å². The summed E-state index contributed by atoms with van der Waals surface area (Å²) in [6.07, 6.45) is 13.2. The highest BCUT2D eigenvalue weighted by atomic mass is 16.5. The predicted molar refractivity (Wildman–Crippen MR) is 118 cm³/mol. The number of unbranched alkanes of at least 4 members (excludes halogenated alkanes) is 6. The molecule has 2 aromatic rings. The number of rotatable bonds is 13. The minimum atomic E-state index is 0.807. The second-order valence-electron chi connectivity index (χ2n) is 7.21. The van der Waals surface area contributed by atoms with Crippen molar-refractivity contribution in [1.82, 2.24) is 0 Å². The topological polar surface area (TPSA) is 21.6 Å². The van der Waals surface area contributed by atoms with Gasteiger partial charge in [0, 0.05) is 6.21 Å². The summed E-state index contributed by atoms with van der Waals surface area (Å²) in [5.41, 5.74) is 3.50. The van der Waals surface area contributed by atoms with Gasteiger partial charge in [-0.05, 0) is 66.8 Å². The fraction of sp³-hybridized carbons (Fsp3) is 0.480. The molecule has 0 N–H and O–H groups in total. The van der Waals surface area contributed by atoms with Crippen molar-refractivity contribution in [3.8, 4) is 5.75 Å². The van der Waals surface area contributed by atoms with E-state index in [9.17, 15) is 0 Å². The number of aliphatic imine (C=N–C) groups is 1. The summed E-state index contributed by atoms with van der Waals surface area (Å²) in [7, 11) is 0. The number of ether oxygens (including phenoxy) is 1. The number of benzene rings is 2. The van der Waals surface area contributed by atoms with Crippen LogP contribution in [0, 0.1) is 0 Å². The summed E-state index contributed by atoms with van der Waals surface area (Å²) in [5.74, 6) is 0.944. The molecular weight excluding hydrogens is 330 g/mol. The average molecular weight is 366 g/mol. The van der Waals surface area contributed by atoms with Gasteiger partial charge in [-0.2, -0.15) is 0 Å².